The lowest BCUT2D eigenvalue weighted by Crippen LogP contribution is -2.09. The average molecular weight is 255 g/mol. The van der Waals surface area contributed by atoms with Crippen LogP contribution in [0.2, 0.25) is 5.02 Å². The van der Waals surface area contributed by atoms with Crippen molar-refractivity contribution in [3.63, 3.8) is 0 Å². The van der Waals surface area contributed by atoms with E-state index in [-0.39, 0.29) is 5.69 Å². The Morgan fingerprint density at radius 1 is 1.59 bits per heavy atom. The Bertz CT molecular complexity index is 552. The molecule has 2 aromatic heterocycles. The van der Waals surface area contributed by atoms with Crippen LogP contribution in [-0.2, 0) is 6.54 Å². The predicted molar refractivity (Wildman–Crippen MR) is 61.5 cm³/mol. The molecule has 0 aliphatic carbocycles. The van der Waals surface area contributed by atoms with Crippen molar-refractivity contribution in [1.82, 2.24) is 9.72 Å². The molecule has 0 amide bonds. The number of aromatic carboxylic acids is 1. The van der Waals surface area contributed by atoms with E-state index in [4.69, 9.17) is 21.2 Å². The summed E-state index contributed by atoms with van der Waals surface area (Å²) in [6.45, 7) is 3.99. The van der Waals surface area contributed by atoms with Crippen molar-refractivity contribution in [2.45, 2.75) is 20.4 Å². The highest BCUT2D eigenvalue weighted by Crippen LogP contribution is 2.19. The Labute approximate surface area is 103 Å². The fourth-order valence-electron chi connectivity index (χ4n) is 1.68. The van der Waals surface area contributed by atoms with E-state index >= 15 is 0 Å². The van der Waals surface area contributed by atoms with Gasteiger partial charge in [0.15, 0.2) is 0 Å². The summed E-state index contributed by atoms with van der Waals surface area (Å²) < 4.78 is 6.60. The second kappa shape index (κ2) is 4.25. The number of aromatic nitrogens is 2. The van der Waals surface area contributed by atoms with Gasteiger partial charge in [-0.15, -0.1) is 0 Å². The minimum atomic E-state index is -1.01. The monoisotopic (exact) mass is 254 g/mol. The van der Waals surface area contributed by atoms with Crippen molar-refractivity contribution in [3.8, 4) is 0 Å². The normalized spacial score (nSPS) is 10.8. The van der Waals surface area contributed by atoms with Gasteiger partial charge in [-0.05, 0) is 19.9 Å². The highest BCUT2D eigenvalue weighted by atomic mass is 35.5. The molecule has 0 spiro atoms. The number of hydrogen-bond acceptors (Lipinski definition) is 3. The predicted octanol–water partition coefficient (Wildman–Crippen LogP) is 2.49. The van der Waals surface area contributed by atoms with E-state index in [9.17, 15) is 4.79 Å². The Kier molecular flexibility index (Phi) is 2.93. The molecule has 0 unspecified atom stereocenters. The maximum absolute atomic E-state index is 11.0. The first-order valence-corrected chi connectivity index (χ1v) is 5.37. The van der Waals surface area contributed by atoms with Gasteiger partial charge in [-0.25, -0.2) is 4.79 Å². The molecule has 0 aromatic carbocycles. The van der Waals surface area contributed by atoms with Crippen molar-refractivity contribution in [3.05, 3.63) is 40.0 Å². The highest BCUT2D eigenvalue weighted by molar-refractivity contribution is 6.30. The Balaban J connectivity index is 2.39. The van der Waals surface area contributed by atoms with Crippen LogP contribution >= 0.6 is 11.6 Å². The first-order valence-electron chi connectivity index (χ1n) is 4.99. The lowest BCUT2D eigenvalue weighted by molar-refractivity contribution is 0.0685. The van der Waals surface area contributed by atoms with E-state index in [1.54, 1.807) is 17.7 Å². The number of aryl methyl sites for hydroxylation is 2. The lowest BCUT2D eigenvalue weighted by atomic mass is 10.2. The summed E-state index contributed by atoms with van der Waals surface area (Å²) >= 11 is 5.81. The van der Waals surface area contributed by atoms with Gasteiger partial charge in [0.05, 0.1) is 17.3 Å². The molecule has 0 atom stereocenters. The van der Waals surface area contributed by atoms with E-state index < -0.39 is 5.97 Å². The van der Waals surface area contributed by atoms with E-state index in [1.807, 2.05) is 6.92 Å². The third-order valence-corrected chi connectivity index (χ3v) is 2.80. The summed E-state index contributed by atoms with van der Waals surface area (Å²) in [5, 5.41) is 13.2. The molecule has 17 heavy (non-hydrogen) atoms. The van der Waals surface area contributed by atoms with Crippen molar-refractivity contribution in [2.24, 2.45) is 0 Å². The number of halogens is 1. The molecule has 0 bridgehead atoms. The molecule has 2 heterocycles. The molecule has 0 aliphatic heterocycles. The zero-order valence-electron chi connectivity index (χ0n) is 9.40. The second-order valence-electron chi connectivity index (χ2n) is 3.78. The molecule has 1 N–H and O–H groups in total. The molecule has 2 aromatic rings. The van der Waals surface area contributed by atoms with E-state index in [0.29, 0.717) is 17.3 Å². The molecule has 0 fully saturated rings. The number of rotatable bonds is 3. The summed E-state index contributed by atoms with van der Waals surface area (Å²) in [4.78, 5) is 11.0. The molecule has 6 heteroatoms. The number of carbonyl (C=O) groups is 1. The molecule has 0 saturated carbocycles. The molecular weight excluding hydrogens is 244 g/mol. The van der Waals surface area contributed by atoms with Gasteiger partial charge >= 0.3 is 5.97 Å². The van der Waals surface area contributed by atoms with Gasteiger partial charge in [-0.3, -0.25) is 0 Å². The molecule has 5 nitrogen and oxygen atoms in total. The van der Waals surface area contributed by atoms with Crippen LogP contribution in [0.4, 0.5) is 0 Å². The highest BCUT2D eigenvalue weighted by Gasteiger charge is 2.15. The van der Waals surface area contributed by atoms with Gasteiger partial charge in [0.25, 0.3) is 0 Å². The topological polar surface area (TPSA) is 68.3 Å². The summed E-state index contributed by atoms with van der Waals surface area (Å²) in [5.74, 6) is -0.327. The quantitative estimate of drug-likeness (QED) is 0.914. The lowest BCUT2D eigenvalue weighted by Gasteiger charge is -2.05. The minimum Gasteiger partial charge on any atom is -0.477 e. The first-order chi connectivity index (χ1) is 7.99. The van der Waals surface area contributed by atoms with Crippen LogP contribution in [0.15, 0.2) is 16.8 Å². The van der Waals surface area contributed by atoms with Crippen LogP contribution in [0, 0.1) is 13.8 Å². The Morgan fingerprint density at radius 2 is 2.29 bits per heavy atom. The third-order valence-electron chi connectivity index (χ3n) is 2.59. The van der Waals surface area contributed by atoms with Crippen LogP contribution in [0.1, 0.15) is 27.5 Å². The smallest absolute Gasteiger partial charge is 0.352 e. The van der Waals surface area contributed by atoms with E-state index in [0.717, 1.165) is 11.3 Å². The molecule has 90 valence electrons. The van der Waals surface area contributed by atoms with Crippen molar-refractivity contribution in [1.29, 1.82) is 0 Å². The van der Waals surface area contributed by atoms with Gasteiger partial charge in [0.2, 0.25) is 0 Å². The summed E-state index contributed by atoms with van der Waals surface area (Å²) in [7, 11) is 0. The summed E-state index contributed by atoms with van der Waals surface area (Å²) in [5.41, 5.74) is 1.78. The maximum Gasteiger partial charge on any atom is 0.352 e. The minimum absolute atomic E-state index is 0.148. The average Bonchev–Trinajstić information content (AvgIpc) is 2.76. The Hall–Kier alpha value is -1.75. The number of hydrogen-bond donors (Lipinski definition) is 1. The molecule has 0 radical (unpaired) electrons. The summed E-state index contributed by atoms with van der Waals surface area (Å²) in [6.07, 6.45) is 1.58. The van der Waals surface area contributed by atoms with Gasteiger partial charge in [-0.1, -0.05) is 16.8 Å². The van der Waals surface area contributed by atoms with E-state index in [2.05, 4.69) is 5.16 Å². The van der Waals surface area contributed by atoms with Gasteiger partial charge in [0.1, 0.15) is 11.5 Å². The molecular formula is C11H11ClN2O3. The van der Waals surface area contributed by atoms with Crippen molar-refractivity contribution < 1.29 is 14.4 Å². The number of carboxylic acids is 1. The van der Waals surface area contributed by atoms with Crippen molar-refractivity contribution >= 4 is 17.6 Å². The second-order valence-corrected chi connectivity index (χ2v) is 4.22. The van der Waals surface area contributed by atoms with E-state index in [1.165, 1.54) is 6.07 Å². The van der Waals surface area contributed by atoms with Crippen LogP contribution < -0.4 is 0 Å². The molecule has 2 rings (SSSR count). The van der Waals surface area contributed by atoms with Gasteiger partial charge < -0.3 is 14.2 Å². The third kappa shape index (κ3) is 2.19. The Morgan fingerprint density at radius 3 is 2.82 bits per heavy atom. The summed E-state index contributed by atoms with van der Waals surface area (Å²) in [6, 6.07) is 1.42. The fraction of sp³-hybridized carbons (Fsp3) is 0.273. The van der Waals surface area contributed by atoms with Gasteiger partial charge in [0, 0.05) is 11.8 Å². The molecule has 0 aliphatic rings. The van der Waals surface area contributed by atoms with Crippen LogP contribution in [-0.4, -0.2) is 20.8 Å². The fourth-order valence-corrected chi connectivity index (χ4v) is 1.90. The van der Waals surface area contributed by atoms with Crippen LogP contribution in [0.25, 0.3) is 0 Å². The molecule has 0 saturated heterocycles. The van der Waals surface area contributed by atoms with Gasteiger partial charge in [-0.2, -0.15) is 0 Å². The standard InChI is InChI=1S/C11H11ClN2O3/c1-6-9(7(2)17-13-6)5-14-4-8(12)3-10(14)11(15)16/h3-4H,5H2,1-2H3,(H,15,16). The van der Waals surface area contributed by atoms with Crippen molar-refractivity contribution in [2.75, 3.05) is 0 Å². The zero-order chi connectivity index (χ0) is 12.6. The SMILES string of the molecule is Cc1noc(C)c1Cn1cc(Cl)cc1C(=O)O. The van der Waals surface area contributed by atoms with Crippen LogP contribution in [0.3, 0.4) is 0 Å². The zero-order valence-corrected chi connectivity index (χ0v) is 10.2. The maximum atomic E-state index is 11.0. The largest absolute Gasteiger partial charge is 0.477 e. The van der Waals surface area contributed by atoms with Crippen LogP contribution in [0.5, 0.6) is 0 Å². The first kappa shape index (κ1) is 11.7. The number of nitrogens with zero attached hydrogens (tertiary/aromatic N) is 2. The number of carboxylic acid groups (broad SMARTS) is 1.